The predicted molar refractivity (Wildman–Crippen MR) is 107 cm³/mol. The highest BCUT2D eigenvalue weighted by Crippen LogP contribution is 2.25. The molecule has 0 radical (unpaired) electrons. The Morgan fingerprint density at radius 3 is 2.50 bits per heavy atom. The second-order valence-electron chi connectivity index (χ2n) is 6.44. The third kappa shape index (κ3) is 4.67. The van der Waals surface area contributed by atoms with Crippen molar-refractivity contribution < 1.29 is 17.6 Å². The van der Waals surface area contributed by atoms with E-state index in [0.717, 1.165) is 20.6 Å². The van der Waals surface area contributed by atoms with Crippen molar-refractivity contribution in [2.45, 2.75) is 24.8 Å². The highest BCUT2D eigenvalue weighted by molar-refractivity contribution is 7.89. The number of aromatic nitrogens is 1. The maximum absolute atomic E-state index is 12.2. The minimum atomic E-state index is -3.45. The molecule has 0 aliphatic heterocycles. The molecule has 0 saturated carbocycles. The molecular formula is C19H21N3O4S2. The van der Waals surface area contributed by atoms with Gasteiger partial charge in [-0.05, 0) is 36.8 Å². The first-order valence-electron chi connectivity index (χ1n) is 8.55. The summed E-state index contributed by atoms with van der Waals surface area (Å²) in [5, 5.41) is 5.41. The summed E-state index contributed by atoms with van der Waals surface area (Å²) in [4.78, 5) is 16.8. The van der Waals surface area contributed by atoms with E-state index in [2.05, 4.69) is 10.3 Å². The monoisotopic (exact) mass is 419 g/mol. The lowest BCUT2D eigenvalue weighted by atomic mass is 10.2. The Kier molecular flexibility index (Phi) is 5.97. The fourth-order valence-corrected chi connectivity index (χ4v) is 4.15. The summed E-state index contributed by atoms with van der Waals surface area (Å²) in [5.41, 5.74) is 1.50. The molecule has 0 aliphatic rings. The number of aryl methyl sites for hydroxylation is 1. The zero-order chi connectivity index (χ0) is 20.3. The number of nitrogens with zero attached hydrogens (tertiary/aromatic N) is 2. The van der Waals surface area contributed by atoms with Crippen LogP contribution in [-0.4, -0.2) is 37.7 Å². The van der Waals surface area contributed by atoms with Crippen LogP contribution in [0.3, 0.4) is 0 Å². The average Bonchev–Trinajstić information content (AvgIpc) is 3.29. The van der Waals surface area contributed by atoms with Gasteiger partial charge in [-0.2, -0.15) is 0 Å². The van der Waals surface area contributed by atoms with Crippen LogP contribution < -0.4 is 5.32 Å². The average molecular weight is 420 g/mol. The number of benzene rings is 1. The van der Waals surface area contributed by atoms with E-state index in [1.54, 1.807) is 12.1 Å². The van der Waals surface area contributed by atoms with E-state index in [9.17, 15) is 13.2 Å². The normalized spacial score (nSPS) is 11.7. The lowest BCUT2D eigenvalue weighted by Gasteiger charge is -2.11. The number of nitrogens with one attached hydrogen (secondary N) is 1. The molecule has 3 aromatic rings. The Hall–Kier alpha value is -2.49. The lowest BCUT2D eigenvalue weighted by Crippen LogP contribution is -2.25. The highest BCUT2D eigenvalue weighted by Gasteiger charge is 2.16. The second kappa shape index (κ2) is 8.26. The first-order chi connectivity index (χ1) is 13.3. The maximum Gasteiger partial charge on any atom is 0.242 e. The molecule has 3 rings (SSSR count). The lowest BCUT2D eigenvalue weighted by molar-refractivity contribution is -0.120. The van der Waals surface area contributed by atoms with Crippen LogP contribution in [0.2, 0.25) is 0 Å². The van der Waals surface area contributed by atoms with Crippen molar-refractivity contribution in [2.75, 3.05) is 14.1 Å². The topological polar surface area (TPSA) is 92.5 Å². The summed E-state index contributed by atoms with van der Waals surface area (Å²) in [6.07, 6.45) is 0.170. The summed E-state index contributed by atoms with van der Waals surface area (Å²) < 4.78 is 30.8. The number of furan rings is 1. The van der Waals surface area contributed by atoms with Crippen LogP contribution in [0.15, 0.2) is 51.1 Å². The van der Waals surface area contributed by atoms with E-state index in [1.165, 1.54) is 37.6 Å². The predicted octanol–water partition coefficient (Wildman–Crippen LogP) is 2.82. The number of hydrogen-bond acceptors (Lipinski definition) is 6. The van der Waals surface area contributed by atoms with Crippen LogP contribution in [-0.2, 0) is 27.8 Å². The Labute approximate surface area is 168 Å². The molecule has 148 valence electrons. The molecule has 0 aliphatic carbocycles. The van der Waals surface area contributed by atoms with Gasteiger partial charge in [-0.25, -0.2) is 17.7 Å². The fourth-order valence-electron chi connectivity index (χ4n) is 2.47. The number of thiazole rings is 1. The fraction of sp³-hybridized carbons (Fsp3) is 0.263. The molecule has 9 heteroatoms. The number of carbonyl (C=O) groups excluding carboxylic acids is 1. The third-order valence-corrected chi connectivity index (χ3v) is 6.77. The molecule has 28 heavy (non-hydrogen) atoms. The van der Waals surface area contributed by atoms with Crippen molar-refractivity contribution >= 4 is 27.3 Å². The van der Waals surface area contributed by atoms with Gasteiger partial charge in [-0.15, -0.1) is 11.3 Å². The van der Waals surface area contributed by atoms with Gasteiger partial charge in [0, 0.05) is 26.0 Å². The SMILES string of the molecule is Cc1ccc(-c2nc(CC(=O)NCc3ccc(S(=O)(=O)N(C)C)cc3)cs2)o1. The van der Waals surface area contributed by atoms with Gasteiger partial charge in [0.15, 0.2) is 10.8 Å². The van der Waals surface area contributed by atoms with E-state index in [-0.39, 0.29) is 17.2 Å². The molecule has 0 spiro atoms. The van der Waals surface area contributed by atoms with Gasteiger partial charge in [0.25, 0.3) is 0 Å². The maximum atomic E-state index is 12.2. The van der Waals surface area contributed by atoms with Crippen LogP contribution in [0.25, 0.3) is 10.8 Å². The van der Waals surface area contributed by atoms with E-state index in [0.29, 0.717) is 18.0 Å². The van der Waals surface area contributed by atoms with Crippen molar-refractivity contribution in [2.24, 2.45) is 0 Å². The van der Waals surface area contributed by atoms with Gasteiger partial charge in [0.2, 0.25) is 15.9 Å². The van der Waals surface area contributed by atoms with E-state index in [1.807, 2.05) is 24.4 Å². The summed E-state index contributed by atoms with van der Waals surface area (Å²) >= 11 is 1.43. The number of amides is 1. The standard InChI is InChI=1S/C19H21N3O4S2/c1-13-4-9-17(26-13)19-21-15(12-27-19)10-18(23)20-11-14-5-7-16(8-6-14)28(24,25)22(2)3/h4-9,12H,10-11H2,1-3H3,(H,20,23). The van der Waals surface area contributed by atoms with Crippen molar-refractivity contribution in [3.8, 4) is 10.8 Å². The van der Waals surface area contributed by atoms with E-state index >= 15 is 0 Å². The second-order valence-corrected chi connectivity index (χ2v) is 9.45. The minimum Gasteiger partial charge on any atom is -0.459 e. The molecule has 1 aromatic carbocycles. The van der Waals surface area contributed by atoms with Gasteiger partial charge in [-0.1, -0.05) is 12.1 Å². The molecule has 7 nitrogen and oxygen atoms in total. The molecule has 0 fully saturated rings. The van der Waals surface area contributed by atoms with Gasteiger partial charge in [0.05, 0.1) is 17.0 Å². The molecule has 0 bridgehead atoms. The zero-order valence-corrected chi connectivity index (χ0v) is 17.4. The Bertz CT molecular complexity index is 1070. The Morgan fingerprint density at radius 2 is 1.89 bits per heavy atom. The Morgan fingerprint density at radius 1 is 1.18 bits per heavy atom. The van der Waals surface area contributed by atoms with Crippen LogP contribution >= 0.6 is 11.3 Å². The molecular weight excluding hydrogens is 398 g/mol. The number of sulfonamides is 1. The molecule has 1 amide bonds. The summed E-state index contributed by atoms with van der Waals surface area (Å²) in [6.45, 7) is 2.18. The molecule has 0 atom stereocenters. The Balaban J connectivity index is 1.55. The summed E-state index contributed by atoms with van der Waals surface area (Å²) in [6, 6.07) is 10.2. The van der Waals surface area contributed by atoms with Crippen LogP contribution in [0.4, 0.5) is 0 Å². The van der Waals surface area contributed by atoms with E-state index in [4.69, 9.17) is 4.42 Å². The van der Waals surface area contributed by atoms with Crippen LogP contribution in [0.1, 0.15) is 17.0 Å². The first-order valence-corrected chi connectivity index (χ1v) is 10.9. The quantitative estimate of drug-likeness (QED) is 0.636. The molecule has 2 aromatic heterocycles. The van der Waals surface area contributed by atoms with Crippen molar-refractivity contribution in [3.63, 3.8) is 0 Å². The number of hydrogen-bond donors (Lipinski definition) is 1. The van der Waals surface area contributed by atoms with Crippen molar-refractivity contribution in [1.82, 2.24) is 14.6 Å². The van der Waals surface area contributed by atoms with Gasteiger partial charge in [0.1, 0.15) is 5.76 Å². The molecule has 0 unspecified atom stereocenters. The molecule has 1 N–H and O–H groups in total. The zero-order valence-electron chi connectivity index (χ0n) is 15.8. The highest BCUT2D eigenvalue weighted by atomic mass is 32.2. The first kappa shape index (κ1) is 20.2. The summed E-state index contributed by atoms with van der Waals surface area (Å²) in [5.74, 6) is 1.35. The minimum absolute atomic E-state index is 0.155. The van der Waals surface area contributed by atoms with Crippen LogP contribution in [0, 0.1) is 6.92 Å². The third-order valence-electron chi connectivity index (χ3n) is 4.04. The van der Waals surface area contributed by atoms with Gasteiger partial charge < -0.3 is 9.73 Å². The number of rotatable bonds is 7. The summed E-state index contributed by atoms with van der Waals surface area (Å²) in [7, 11) is -0.481. The molecule has 0 saturated heterocycles. The molecule has 2 heterocycles. The van der Waals surface area contributed by atoms with E-state index < -0.39 is 10.0 Å². The van der Waals surface area contributed by atoms with Crippen LogP contribution in [0.5, 0.6) is 0 Å². The van der Waals surface area contributed by atoms with Crippen molar-refractivity contribution in [3.05, 3.63) is 58.8 Å². The van der Waals surface area contributed by atoms with Crippen molar-refractivity contribution in [1.29, 1.82) is 0 Å². The van der Waals surface area contributed by atoms with Gasteiger partial charge in [-0.3, -0.25) is 4.79 Å². The smallest absolute Gasteiger partial charge is 0.242 e. The van der Waals surface area contributed by atoms with Gasteiger partial charge >= 0.3 is 0 Å². The number of carbonyl (C=O) groups is 1. The largest absolute Gasteiger partial charge is 0.459 e.